The van der Waals surface area contributed by atoms with Crippen LogP contribution in [-0.4, -0.2) is 4.98 Å². The molecule has 18 heavy (non-hydrogen) atoms. The van der Waals surface area contributed by atoms with Crippen LogP contribution < -0.4 is 5.32 Å². The van der Waals surface area contributed by atoms with Crippen molar-refractivity contribution in [2.75, 3.05) is 5.32 Å². The Morgan fingerprint density at radius 2 is 2.17 bits per heavy atom. The second kappa shape index (κ2) is 5.67. The minimum Gasteiger partial charge on any atom is -0.378 e. The molecule has 1 aromatic heterocycles. The highest BCUT2D eigenvalue weighted by atomic mass is 79.9. The monoisotopic (exact) mass is 328 g/mol. The molecular formula is C13H11BrClFN2. The fourth-order valence-corrected chi connectivity index (χ4v) is 2.10. The second-order valence-electron chi connectivity index (χ2n) is 3.92. The number of anilines is 1. The molecule has 0 aliphatic rings. The highest BCUT2D eigenvalue weighted by Gasteiger charge is 2.04. The fraction of sp³-hybridized carbons (Fsp3) is 0.154. The quantitative estimate of drug-likeness (QED) is 0.835. The van der Waals surface area contributed by atoms with Crippen molar-refractivity contribution in [3.8, 4) is 0 Å². The molecule has 1 N–H and O–H groups in total. The van der Waals surface area contributed by atoms with Gasteiger partial charge in [-0.1, -0.05) is 17.7 Å². The number of nitrogens with one attached hydrogen (secondary N) is 1. The van der Waals surface area contributed by atoms with Crippen LogP contribution in [0.25, 0.3) is 0 Å². The normalized spacial score (nSPS) is 10.4. The van der Waals surface area contributed by atoms with E-state index in [1.165, 1.54) is 12.1 Å². The van der Waals surface area contributed by atoms with Crippen LogP contribution >= 0.6 is 27.5 Å². The minimum atomic E-state index is -0.224. The van der Waals surface area contributed by atoms with Crippen molar-refractivity contribution in [1.82, 2.24) is 4.98 Å². The molecule has 0 amide bonds. The van der Waals surface area contributed by atoms with Crippen molar-refractivity contribution in [2.24, 2.45) is 0 Å². The summed E-state index contributed by atoms with van der Waals surface area (Å²) in [6.45, 7) is 2.45. The van der Waals surface area contributed by atoms with E-state index in [1.807, 2.05) is 13.0 Å². The second-order valence-corrected chi connectivity index (χ2v) is 5.19. The van der Waals surface area contributed by atoms with Gasteiger partial charge < -0.3 is 5.32 Å². The maximum atomic E-state index is 13.0. The third kappa shape index (κ3) is 3.21. The Kier molecular flexibility index (Phi) is 4.19. The first-order chi connectivity index (χ1) is 8.56. The van der Waals surface area contributed by atoms with E-state index < -0.39 is 0 Å². The zero-order valence-corrected chi connectivity index (χ0v) is 12.0. The van der Waals surface area contributed by atoms with Crippen molar-refractivity contribution in [2.45, 2.75) is 13.5 Å². The number of pyridine rings is 1. The molecule has 0 fully saturated rings. The molecule has 0 saturated heterocycles. The standard InChI is InChI=1S/C13H11BrClFN2/c1-8-4-11(16)3-2-9(8)6-17-12-5-10(14)7-18-13(12)15/h2-5,7,17H,6H2,1H3. The molecule has 0 atom stereocenters. The highest BCUT2D eigenvalue weighted by molar-refractivity contribution is 9.10. The summed E-state index contributed by atoms with van der Waals surface area (Å²) < 4.78 is 13.8. The SMILES string of the molecule is Cc1cc(F)ccc1CNc1cc(Br)cnc1Cl. The van der Waals surface area contributed by atoms with Gasteiger partial charge >= 0.3 is 0 Å². The van der Waals surface area contributed by atoms with Gasteiger partial charge in [0.2, 0.25) is 0 Å². The van der Waals surface area contributed by atoms with Crippen LogP contribution in [-0.2, 0) is 6.54 Å². The maximum Gasteiger partial charge on any atom is 0.152 e. The number of benzene rings is 1. The molecule has 0 aliphatic heterocycles. The Bertz CT molecular complexity index is 575. The summed E-state index contributed by atoms with van der Waals surface area (Å²) in [5.74, 6) is -0.224. The molecule has 0 unspecified atom stereocenters. The van der Waals surface area contributed by atoms with Gasteiger partial charge in [-0.15, -0.1) is 0 Å². The summed E-state index contributed by atoms with van der Waals surface area (Å²) >= 11 is 9.31. The summed E-state index contributed by atoms with van der Waals surface area (Å²) in [7, 11) is 0. The van der Waals surface area contributed by atoms with Crippen molar-refractivity contribution in [3.63, 3.8) is 0 Å². The van der Waals surface area contributed by atoms with E-state index in [0.29, 0.717) is 11.7 Å². The van der Waals surface area contributed by atoms with Gasteiger partial charge in [0.05, 0.1) is 5.69 Å². The topological polar surface area (TPSA) is 24.9 Å². The summed E-state index contributed by atoms with van der Waals surface area (Å²) in [5, 5.41) is 3.60. The molecule has 2 aromatic rings. The Morgan fingerprint density at radius 3 is 2.89 bits per heavy atom. The number of rotatable bonds is 3. The highest BCUT2D eigenvalue weighted by Crippen LogP contribution is 2.24. The molecular weight excluding hydrogens is 319 g/mol. The average Bonchev–Trinajstić information content (AvgIpc) is 2.32. The molecule has 0 saturated carbocycles. The lowest BCUT2D eigenvalue weighted by Gasteiger charge is -2.10. The van der Waals surface area contributed by atoms with Gasteiger partial charge in [-0.2, -0.15) is 0 Å². The number of halogens is 3. The molecule has 2 nitrogen and oxygen atoms in total. The van der Waals surface area contributed by atoms with Crippen molar-refractivity contribution in [1.29, 1.82) is 0 Å². The first kappa shape index (κ1) is 13.3. The molecule has 0 spiro atoms. The van der Waals surface area contributed by atoms with Gasteiger partial charge in [0, 0.05) is 17.2 Å². The van der Waals surface area contributed by atoms with E-state index in [4.69, 9.17) is 11.6 Å². The summed E-state index contributed by atoms with van der Waals surface area (Å²) in [6, 6.07) is 6.58. The summed E-state index contributed by atoms with van der Waals surface area (Å²) in [6.07, 6.45) is 1.64. The third-order valence-corrected chi connectivity index (χ3v) is 3.31. The van der Waals surface area contributed by atoms with Gasteiger partial charge in [-0.05, 0) is 52.2 Å². The van der Waals surface area contributed by atoms with Crippen molar-refractivity contribution >= 4 is 33.2 Å². The van der Waals surface area contributed by atoms with Crippen LogP contribution in [0.4, 0.5) is 10.1 Å². The van der Waals surface area contributed by atoms with Gasteiger partial charge in [0.25, 0.3) is 0 Å². The van der Waals surface area contributed by atoms with Crippen molar-refractivity contribution in [3.05, 3.63) is 57.0 Å². The molecule has 2 rings (SSSR count). The molecule has 5 heteroatoms. The smallest absolute Gasteiger partial charge is 0.152 e. The Balaban J connectivity index is 2.13. The molecule has 94 valence electrons. The van der Waals surface area contributed by atoms with E-state index in [1.54, 1.807) is 12.3 Å². The number of hydrogen-bond donors (Lipinski definition) is 1. The lowest BCUT2D eigenvalue weighted by Crippen LogP contribution is -2.02. The van der Waals surface area contributed by atoms with Crippen molar-refractivity contribution < 1.29 is 4.39 Å². The lowest BCUT2D eigenvalue weighted by molar-refractivity contribution is 0.625. The zero-order chi connectivity index (χ0) is 13.1. The van der Waals surface area contributed by atoms with Crippen LogP contribution in [0.15, 0.2) is 34.9 Å². The summed E-state index contributed by atoms with van der Waals surface area (Å²) in [4.78, 5) is 4.02. The van der Waals surface area contributed by atoms with Crippen LogP contribution in [0.3, 0.4) is 0 Å². The van der Waals surface area contributed by atoms with Crippen LogP contribution in [0.5, 0.6) is 0 Å². The van der Waals surface area contributed by atoms with E-state index >= 15 is 0 Å². The van der Waals surface area contributed by atoms with Gasteiger partial charge in [-0.25, -0.2) is 9.37 Å². The predicted molar refractivity (Wildman–Crippen MR) is 75.4 cm³/mol. The zero-order valence-electron chi connectivity index (χ0n) is 9.67. The Morgan fingerprint density at radius 1 is 1.39 bits per heavy atom. The maximum absolute atomic E-state index is 13.0. The molecule has 0 bridgehead atoms. The number of hydrogen-bond acceptors (Lipinski definition) is 2. The van der Waals surface area contributed by atoms with E-state index in [2.05, 4.69) is 26.2 Å². The molecule has 1 heterocycles. The Hall–Kier alpha value is -1.13. The summed E-state index contributed by atoms with van der Waals surface area (Å²) in [5.41, 5.74) is 2.67. The van der Waals surface area contributed by atoms with E-state index in [-0.39, 0.29) is 5.82 Å². The minimum absolute atomic E-state index is 0.224. The number of nitrogens with zero attached hydrogens (tertiary/aromatic N) is 1. The van der Waals surface area contributed by atoms with Crippen LogP contribution in [0, 0.1) is 12.7 Å². The largest absolute Gasteiger partial charge is 0.378 e. The van der Waals surface area contributed by atoms with Crippen LogP contribution in [0.2, 0.25) is 5.15 Å². The first-order valence-electron chi connectivity index (χ1n) is 5.36. The number of aromatic nitrogens is 1. The molecule has 0 aliphatic carbocycles. The molecule has 0 radical (unpaired) electrons. The molecule has 1 aromatic carbocycles. The first-order valence-corrected chi connectivity index (χ1v) is 6.53. The lowest BCUT2D eigenvalue weighted by atomic mass is 10.1. The van der Waals surface area contributed by atoms with E-state index in [0.717, 1.165) is 21.3 Å². The average molecular weight is 330 g/mol. The third-order valence-electron chi connectivity index (χ3n) is 2.58. The van der Waals surface area contributed by atoms with Gasteiger partial charge in [0.15, 0.2) is 5.15 Å². The predicted octanol–water partition coefficient (Wildman–Crippen LogP) is 4.56. The van der Waals surface area contributed by atoms with E-state index in [9.17, 15) is 4.39 Å². The fourth-order valence-electron chi connectivity index (χ4n) is 1.59. The number of aryl methyl sites for hydroxylation is 1. The van der Waals surface area contributed by atoms with Gasteiger partial charge in [-0.3, -0.25) is 0 Å². The van der Waals surface area contributed by atoms with Gasteiger partial charge in [0.1, 0.15) is 5.82 Å². The van der Waals surface area contributed by atoms with Crippen LogP contribution in [0.1, 0.15) is 11.1 Å². The Labute approximate surface area is 118 Å².